The van der Waals surface area contributed by atoms with Gasteiger partial charge in [0, 0.05) is 12.1 Å². The van der Waals surface area contributed by atoms with E-state index >= 15 is 0 Å². The number of para-hydroxylation sites is 4. The van der Waals surface area contributed by atoms with Gasteiger partial charge in [-0.25, -0.2) is 93.0 Å². The Hall–Kier alpha value is -14.2. The molecule has 13 rings (SSSR count). The van der Waals surface area contributed by atoms with Crippen molar-refractivity contribution in [3.8, 4) is 23.0 Å². The van der Waals surface area contributed by atoms with Crippen molar-refractivity contribution in [3.63, 3.8) is 0 Å². The molecule has 0 spiro atoms. The SMILES string of the molecule is C.C.C.C.CCS(=O)(=O)Nc1ccccc1NS(=O)(=O)CC.COc1ccc(S(=O)(=O)Nc2ccc(C)cc2NS(=O)(=O)c2ccc(OC)cc2)cc1.COc1ccc(S(=O)(=O)Nc2ccccc2NS(=O)(=O)c2ccc(OC)cc2)cc1.Cc1ccc(NS(=O)(=O)c2ccc(F)cc2)c(NS(=O)(=O)c2ccc(F)cc2)c1.O=[N+]([O-])c1ccc(NS(=O)(=O)c2ccccc2)c(NS(=O)(=O)c2ccccc2)c1. The van der Waals surface area contributed by atoms with Crippen LogP contribution in [0.4, 0.5) is 71.3 Å². The first-order chi connectivity index (χ1) is 64.4. The van der Waals surface area contributed by atoms with Gasteiger partial charge in [0.2, 0.25) is 20.0 Å². The lowest BCUT2D eigenvalue weighted by Crippen LogP contribution is -2.19. The van der Waals surface area contributed by atoms with E-state index in [-0.39, 0.29) is 137 Å². The minimum absolute atomic E-state index is 0. The third kappa shape index (κ3) is 33.8. The molecule has 0 saturated heterocycles. The van der Waals surface area contributed by atoms with E-state index in [2.05, 4.69) is 47.2 Å². The van der Waals surface area contributed by atoms with Gasteiger partial charge in [-0.2, -0.15) is 0 Å². The first-order valence-electron chi connectivity index (χ1n) is 39.5. The Kier molecular flexibility index (Phi) is 42.1. The molecule has 0 bridgehead atoms. The molecule has 0 unspecified atom stereocenters. The molecule has 10 N–H and O–H groups in total. The summed E-state index contributed by atoms with van der Waals surface area (Å²) in [5.74, 6) is 0.719. The monoisotopic (exact) mass is 2140 g/mol. The number of non-ortho nitro benzene ring substituents is 1. The van der Waals surface area contributed by atoms with Crippen LogP contribution >= 0.6 is 0 Å². The summed E-state index contributed by atoms with van der Waals surface area (Å²) < 4.78 is 319. The van der Waals surface area contributed by atoms with Crippen LogP contribution < -0.4 is 66.2 Å². The van der Waals surface area contributed by atoms with Crippen molar-refractivity contribution in [1.29, 1.82) is 0 Å². The molecule has 0 heterocycles. The Balaban J connectivity index is 0.000000311. The quantitative estimate of drug-likeness (QED) is 0.0130. The highest BCUT2D eigenvalue weighted by molar-refractivity contribution is 7.95. The summed E-state index contributed by atoms with van der Waals surface area (Å²) in [5.41, 5.74) is 1.37. The molecular weight excluding hydrogens is 2030 g/mol. The van der Waals surface area contributed by atoms with Crippen LogP contribution in [0.5, 0.6) is 23.0 Å². The second-order valence-electron chi connectivity index (χ2n) is 28.3. The Morgan fingerprint density at radius 2 is 0.426 bits per heavy atom. The van der Waals surface area contributed by atoms with E-state index in [0.717, 1.165) is 72.3 Å². The molecule has 0 aliphatic heterocycles. The lowest BCUT2D eigenvalue weighted by molar-refractivity contribution is -0.384. The molecule has 0 radical (unpaired) electrons. The summed E-state index contributed by atoms with van der Waals surface area (Å²) in [6.45, 7) is 6.48. The van der Waals surface area contributed by atoms with Crippen LogP contribution in [0.15, 0.2) is 349 Å². The molecular formula is C92H105F2N11O26S10. The van der Waals surface area contributed by atoms with Gasteiger partial charge >= 0.3 is 0 Å². The fourth-order valence-electron chi connectivity index (χ4n) is 11.4. The number of rotatable bonds is 35. The number of nitro groups is 1. The molecule has 0 aliphatic carbocycles. The maximum absolute atomic E-state index is 13.1. The van der Waals surface area contributed by atoms with Crippen LogP contribution in [0.2, 0.25) is 0 Å². The zero-order chi connectivity index (χ0) is 101. The van der Waals surface area contributed by atoms with Crippen molar-refractivity contribution in [2.45, 2.75) is 96.6 Å². The van der Waals surface area contributed by atoms with Crippen molar-refractivity contribution in [2.24, 2.45) is 0 Å². The first kappa shape index (κ1) is 117. The first-order valence-corrected chi connectivity index (χ1v) is 54.7. The van der Waals surface area contributed by atoms with Gasteiger partial charge in [-0.1, -0.05) is 103 Å². The van der Waals surface area contributed by atoms with Crippen LogP contribution in [-0.2, 0) is 100 Å². The van der Waals surface area contributed by atoms with Gasteiger partial charge in [0.1, 0.15) is 34.6 Å². The number of nitrogens with one attached hydrogen (secondary N) is 10. The zero-order valence-corrected chi connectivity index (χ0v) is 81.4. The highest BCUT2D eigenvalue weighted by atomic mass is 32.2. The number of nitrogens with zero attached hydrogens (tertiary/aromatic N) is 1. The van der Waals surface area contributed by atoms with Crippen molar-refractivity contribution in [1.82, 2.24) is 0 Å². The third-order valence-corrected chi connectivity index (χ3v) is 32.1. The normalized spacial score (nSPS) is 11.4. The minimum atomic E-state index is -4.11. The molecule has 0 aliphatic rings. The number of ether oxygens (including phenoxy) is 4. The average Bonchev–Trinajstić information content (AvgIpc) is 0.819. The highest BCUT2D eigenvalue weighted by Gasteiger charge is 2.28. The number of nitro benzene ring substituents is 1. The number of halogens is 2. The van der Waals surface area contributed by atoms with E-state index < -0.39 is 122 Å². The molecule has 0 saturated carbocycles. The van der Waals surface area contributed by atoms with E-state index in [1.54, 1.807) is 68.4 Å². The van der Waals surface area contributed by atoms with Crippen LogP contribution in [-0.4, -0.2) is 129 Å². The summed E-state index contributed by atoms with van der Waals surface area (Å²) in [6.07, 6.45) is 0. The van der Waals surface area contributed by atoms with Crippen LogP contribution in [0, 0.1) is 35.6 Å². The highest BCUT2D eigenvalue weighted by Crippen LogP contribution is 2.36. The summed E-state index contributed by atoms with van der Waals surface area (Å²) in [6, 6.07) is 71.2. The van der Waals surface area contributed by atoms with Crippen molar-refractivity contribution in [2.75, 3.05) is 87.2 Å². The molecule has 758 valence electrons. The van der Waals surface area contributed by atoms with Gasteiger partial charge in [0.25, 0.3) is 85.9 Å². The van der Waals surface area contributed by atoms with Gasteiger partial charge < -0.3 is 18.9 Å². The minimum Gasteiger partial charge on any atom is -0.497 e. The topological polar surface area (TPSA) is 542 Å². The van der Waals surface area contributed by atoms with Gasteiger partial charge in [-0.05, 0) is 263 Å². The number of anilines is 10. The Morgan fingerprint density at radius 3 is 0.645 bits per heavy atom. The maximum atomic E-state index is 13.1. The number of methoxy groups -OCH3 is 4. The van der Waals surface area contributed by atoms with Crippen molar-refractivity contribution >= 4 is 163 Å². The predicted molar refractivity (Wildman–Crippen MR) is 546 cm³/mol. The number of aryl methyl sites for hydroxylation is 2. The number of hydrogen-bond donors (Lipinski definition) is 10. The average molecular weight is 2140 g/mol. The van der Waals surface area contributed by atoms with Crippen LogP contribution in [0.3, 0.4) is 0 Å². The van der Waals surface area contributed by atoms with Crippen molar-refractivity contribution in [3.05, 3.63) is 342 Å². The molecule has 13 aromatic rings. The number of benzene rings is 13. The summed E-state index contributed by atoms with van der Waals surface area (Å²) in [7, 11) is -33.1. The number of hydrogen-bond acceptors (Lipinski definition) is 26. The third-order valence-electron chi connectivity index (χ3n) is 18.5. The van der Waals surface area contributed by atoms with Crippen LogP contribution in [0.1, 0.15) is 54.7 Å². The Bertz CT molecular complexity index is 7540. The van der Waals surface area contributed by atoms with E-state index in [1.165, 1.54) is 230 Å². The van der Waals surface area contributed by atoms with Gasteiger partial charge in [0.15, 0.2) is 0 Å². The lowest BCUT2D eigenvalue weighted by atomic mass is 10.2. The standard InChI is InChI=1S/C21H22N2O6S2.C20H20N2O6S2.C19H16F2N2O4S2.C18H15N3O6S2.C10H16N2O4S2.4CH4/c1-15-4-13-20(22-30(24,25)18-9-5-16(28-2)6-10-18)21(14-15)23-31(26,27)19-11-7-17(29-3)8-12-19;1-27-15-7-11-17(12-8-15)29(23,24)21-19-5-3-4-6-20(19)22-30(25,26)18-13-9-16(28-2)10-14-18;1-13-2-11-18(22-28(24,25)16-7-3-14(20)4-8-16)19(12-13)23-29(26,27)17-9-5-15(21)6-10-17;22-21(23)14-11-12-17(19-28(24,25)15-7-3-1-4-8-15)18(13-14)20-29(26,27)16-9-5-2-6-10-16;1-3-17(13,14)11-9-7-5-6-8-10(9)12-18(15,16)4-2;;;;/h4-14,22-23H,1-3H3;3-14,21-22H,1-2H3;2-12,22-23H,1H3;1-13,19-20H;5-8,11-12H,3-4H2,1-2H3;4*1H4. The summed E-state index contributed by atoms with van der Waals surface area (Å²) in [5, 5.41) is 11.1. The van der Waals surface area contributed by atoms with Crippen molar-refractivity contribution < 1.29 is 117 Å². The van der Waals surface area contributed by atoms with Gasteiger partial charge in [0.05, 0.1) is 141 Å². The van der Waals surface area contributed by atoms with Crippen LogP contribution in [0.25, 0.3) is 0 Å². The Morgan fingerprint density at radius 1 is 0.241 bits per heavy atom. The zero-order valence-electron chi connectivity index (χ0n) is 73.3. The second-order valence-corrected chi connectivity index (χ2v) is 45.7. The molecule has 141 heavy (non-hydrogen) atoms. The molecule has 0 amide bonds. The van der Waals surface area contributed by atoms with E-state index in [9.17, 15) is 103 Å². The van der Waals surface area contributed by atoms with E-state index in [1.807, 2.05) is 0 Å². The fourth-order valence-corrected chi connectivity index (χ4v) is 21.3. The molecule has 0 fully saturated rings. The fraction of sp³-hybridized carbons (Fsp3) is 0.152. The summed E-state index contributed by atoms with van der Waals surface area (Å²) in [4.78, 5) is 9.93. The lowest BCUT2D eigenvalue weighted by Gasteiger charge is -2.16. The maximum Gasteiger partial charge on any atom is 0.271 e. The Labute approximate surface area is 822 Å². The smallest absolute Gasteiger partial charge is 0.271 e. The summed E-state index contributed by atoms with van der Waals surface area (Å²) >= 11 is 0. The second kappa shape index (κ2) is 50.6. The molecule has 37 nitrogen and oxygen atoms in total. The molecule has 13 aromatic carbocycles. The predicted octanol–water partition coefficient (Wildman–Crippen LogP) is 17.7. The van der Waals surface area contributed by atoms with Gasteiger partial charge in [-0.3, -0.25) is 57.3 Å². The number of sulfonamides is 10. The molecule has 0 aromatic heterocycles. The van der Waals surface area contributed by atoms with Gasteiger partial charge in [-0.15, -0.1) is 0 Å². The van der Waals surface area contributed by atoms with E-state index in [0.29, 0.717) is 28.6 Å². The molecule has 0 atom stereocenters. The molecule has 49 heteroatoms. The largest absolute Gasteiger partial charge is 0.497 e. The van der Waals surface area contributed by atoms with E-state index in [4.69, 9.17) is 18.9 Å².